The van der Waals surface area contributed by atoms with E-state index in [1.807, 2.05) is 30.5 Å². The Bertz CT molecular complexity index is 863. The van der Waals surface area contributed by atoms with Gasteiger partial charge in [-0.25, -0.2) is 9.97 Å². The number of hydrogen-bond donors (Lipinski definition) is 0. The van der Waals surface area contributed by atoms with Crippen molar-refractivity contribution in [2.45, 2.75) is 26.3 Å². The van der Waals surface area contributed by atoms with Crippen LogP contribution < -0.4 is 0 Å². The van der Waals surface area contributed by atoms with E-state index in [-0.39, 0.29) is 5.91 Å². The van der Waals surface area contributed by atoms with Gasteiger partial charge in [0.15, 0.2) is 0 Å². The van der Waals surface area contributed by atoms with Gasteiger partial charge >= 0.3 is 0 Å². The molecule has 0 aliphatic rings. The summed E-state index contributed by atoms with van der Waals surface area (Å²) in [6.45, 7) is 2.57. The van der Waals surface area contributed by atoms with Crippen LogP contribution in [0, 0.1) is 0 Å². The number of aromatic nitrogens is 3. The molecule has 122 valence electrons. The summed E-state index contributed by atoms with van der Waals surface area (Å²) in [4.78, 5) is 27.1. The quantitative estimate of drug-likeness (QED) is 0.724. The third-order valence-electron chi connectivity index (χ3n) is 3.93. The van der Waals surface area contributed by atoms with E-state index < -0.39 is 0 Å². The van der Waals surface area contributed by atoms with Gasteiger partial charge in [-0.3, -0.25) is 9.78 Å². The lowest BCUT2D eigenvalue weighted by molar-refractivity contribution is 0.0783. The van der Waals surface area contributed by atoms with Crippen molar-refractivity contribution in [1.82, 2.24) is 19.9 Å². The lowest BCUT2D eigenvalue weighted by Crippen LogP contribution is -2.27. The minimum Gasteiger partial charge on any atom is -0.337 e. The van der Waals surface area contributed by atoms with Gasteiger partial charge in [-0.2, -0.15) is 0 Å². The highest BCUT2D eigenvalue weighted by Gasteiger charge is 2.17. The topological polar surface area (TPSA) is 59.0 Å². The molecule has 2 aromatic heterocycles. The van der Waals surface area contributed by atoms with Crippen LogP contribution in [0.1, 0.15) is 35.0 Å². The van der Waals surface area contributed by atoms with Gasteiger partial charge in [0.1, 0.15) is 6.33 Å². The van der Waals surface area contributed by atoms with E-state index in [4.69, 9.17) is 0 Å². The minimum atomic E-state index is -0.0628. The lowest BCUT2D eigenvalue weighted by Gasteiger charge is -2.18. The van der Waals surface area contributed by atoms with Gasteiger partial charge in [0, 0.05) is 31.4 Å². The molecule has 1 aromatic carbocycles. The molecule has 5 nitrogen and oxygen atoms in total. The summed E-state index contributed by atoms with van der Waals surface area (Å²) in [6.07, 6.45) is 6.63. The van der Waals surface area contributed by atoms with Crippen LogP contribution in [0.15, 0.2) is 49.1 Å². The number of fused-ring (bicyclic) bond motifs is 1. The summed E-state index contributed by atoms with van der Waals surface area (Å²) in [6, 6.07) is 10.0. The molecule has 3 rings (SSSR count). The van der Waals surface area contributed by atoms with Gasteiger partial charge < -0.3 is 4.90 Å². The molecule has 3 aromatic rings. The number of hydrogen-bond acceptors (Lipinski definition) is 4. The summed E-state index contributed by atoms with van der Waals surface area (Å²) >= 11 is 0. The van der Waals surface area contributed by atoms with Crippen molar-refractivity contribution in [3.63, 3.8) is 0 Å². The third kappa shape index (κ3) is 3.40. The second-order valence-electron chi connectivity index (χ2n) is 5.83. The monoisotopic (exact) mass is 320 g/mol. The highest BCUT2D eigenvalue weighted by molar-refractivity contribution is 5.94. The predicted octanol–water partition coefficient (Wildman–Crippen LogP) is 3.25. The van der Waals surface area contributed by atoms with E-state index >= 15 is 0 Å². The van der Waals surface area contributed by atoms with Crippen LogP contribution in [0.5, 0.6) is 0 Å². The van der Waals surface area contributed by atoms with E-state index in [0.717, 1.165) is 35.0 Å². The summed E-state index contributed by atoms with van der Waals surface area (Å²) in [5.41, 5.74) is 3.34. The summed E-state index contributed by atoms with van der Waals surface area (Å²) in [7, 11) is 1.79. The van der Waals surface area contributed by atoms with Crippen molar-refractivity contribution >= 4 is 16.8 Å². The average molecular weight is 320 g/mol. The van der Waals surface area contributed by atoms with Gasteiger partial charge in [-0.1, -0.05) is 31.5 Å². The van der Waals surface area contributed by atoms with Gasteiger partial charge in [-0.15, -0.1) is 0 Å². The summed E-state index contributed by atoms with van der Waals surface area (Å²) in [5, 5.41) is 1.07. The zero-order chi connectivity index (χ0) is 16.9. The fourth-order valence-electron chi connectivity index (χ4n) is 2.72. The molecule has 5 heteroatoms. The van der Waals surface area contributed by atoms with Crippen molar-refractivity contribution in [3.8, 4) is 0 Å². The molecule has 0 aliphatic heterocycles. The largest absolute Gasteiger partial charge is 0.337 e. The molecule has 2 heterocycles. The Kier molecular flexibility index (Phi) is 4.79. The maximum Gasteiger partial charge on any atom is 0.257 e. The van der Waals surface area contributed by atoms with Crippen LogP contribution in [-0.2, 0) is 13.0 Å². The predicted molar refractivity (Wildman–Crippen MR) is 93.6 cm³/mol. The molecule has 0 saturated heterocycles. The zero-order valence-electron chi connectivity index (χ0n) is 13.9. The Hall–Kier alpha value is -2.82. The van der Waals surface area contributed by atoms with Crippen LogP contribution in [0.25, 0.3) is 10.9 Å². The van der Waals surface area contributed by atoms with Crippen molar-refractivity contribution < 1.29 is 4.79 Å². The molecule has 0 saturated carbocycles. The number of pyridine rings is 1. The molecule has 0 spiro atoms. The Balaban J connectivity index is 1.80. The second kappa shape index (κ2) is 7.17. The molecule has 0 aliphatic carbocycles. The third-order valence-corrected chi connectivity index (χ3v) is 3.93. The normalized spacial score (nSPS) is 10.8. The molecule has 0 bridgehead atoms. The molecule has 0 radical (unpaired) electrons. The Labute approximate surface area is 141 Å². The molecule has 24 heavy (non-hydrogen) atoms. The molecule has 0 unspecified atom stereocenters. The van der Waals surface area contributed by atoms with E-state index in [1.165, 1.54) is 6.33 Å². The SMILES string of the molecule is CCCc1ncncc1C(=O)N(C)Cc1cnc2ccccc2c1. The number of rotatable bonds is 5. The van der Waals surface area contributed by atoms with E-state index in [0.29, 0.717) is 12.1 Å². The zero-order valence-corrected chi connectivity index (χ0v) is 13.9. The first-order valence-electron chi connectivity index (χ1n) is 8.07. The number of benzene rings is 1. The van der Waals surface area contributed by atoms with Gasteiger partial charge in [0.05, 0.1) is 16.8 Å². The van der Waals surface area contributed by atoms with Crippen LogP contribution in [-0.4, -0.2) is 32.8 Å². The number of nitrogens with zero attached hydrogens (tertiary/aromatic N) is 4. The van der Waals surface area contributed by atoms with Crippen molar-refractivity contribution in [1.29, 1.82) is 0 Å². The Morgan fingerprint density at radius 1 is 1.17 bits per heavy atom. The maximum absolute atomic E-state index is 12.7. The Morgan fingerprint density at radius 3 is 2.83 bits per heavy atom. The summed E-state index contributed by atoms with van der Waals surface area (Å²) < 4.78 is 0. The van der Waals surface area contributed by atoms with Crippen molar-refractivity contribution in [2.75, 3.05) is 7.05 Å². The maximum atomic E-state index is 12.7. The first kappa shape index (κ1) is 16.1. The number of carbonyl (C=O) groups is 1. The molecule has 0 atom stereocenters. The van der Waals surface area contributed by atoms with Crippen LogP contribution in [0.4, 0.5) is 0 Å². The fraction of sp³-hybridized carbons (Fsp3) is 0.263. The van der Waals surface area contributed by atoms with Gasteiger partial charge in [-0.05, 0) is 24.1 Å². The van der Waals surface area contributed by atoms with E-state index in [1.54, 1.807) is 18.1 Å². The lowest BCUT2D eigenvalue weighted by atomic mass is 10.1. The standard InChI is InChI=1S/C19H20N4O/c1-3-6-18-16(11-20-13-22-18)19(24)23(2)12-14-9-15-7-4-5-8-17(15)21-10-14/h4-5,7-11,13H,3,6,12H2,1-2H3. The fourth-order valence-corrected chi connectivity index (χ4v) is 2.72. The first-order valence-corrected chi connectivity index (χ1v) is 8.07. The van der Waals surface area contributed by atoms with E-state index in [9.17, 15) is 4.79 Å². The van der Waals surface area contributed by atoms with Crippen LogP contribution >= 0.6 is 0 Å². The smallest absolute Gasteiger partial charge is 0.257 e. The highest BCUT2D eigenvalue weighted by atomic mass is 16.2. The van der Waals surface area contributed by atoms with Gasteiger partial charge in [0.2, 0.25) is 0 Å². The number of carbonyl (C=O) groups excluding carboxylic acids is 1. The highest BCUT2D eigenvalue weighted by Crippen LogP contribution is 2.15. The van der Waals surface area contributed by atoms with Crippen LogP contribution in [0.3, 0.4) is 0 Å². The minimum absolute atomic E-state index is 0.0628. The number of amides is 1. The molecular formula is C19H20N4O. The summed E-state index contributed by atoms with van der Waals surface area (Å²) in [5.74, 6) is -0.0628. The molecule has 0 N–H and O–H groups in total. The molecule has 1 amide bonds. The number of aryl methyl sites for hydroxylation is 1. The molecular weight excluding hydrogens is 300 g/mol. The van der Waals surface area contributed by atoms with Gasteiger partial charge in [0.25, 0.3) is 5.91 Å². The Morgan fingerprint density at radius 2 is 2.00 bits per heavy atom. The van der Waals surface area contributed by atoms with Crippen LogP contribution in [0.2, 0.25) is 0 Å². The van der Waals surface area contributed by atoms with Crippen molar-refractivity contribution in [3.05, 3.63) is 65.9 Å². The number of para-hydroxylation sites is 1. The van der Waals surface area contributed by atoms with E-state index in [2.05, 4.69) is 27.9 Å². The van der Waals surface area contributed by atoms with Crippen molar-refractivity contribution in [2.24, 2.45) is 0 Å². The molecule has 0 fully saturated rings. The first-order chi connectivity index (χ1) is 11.7. The average Bonchev–Trinajstić information content (AvgIpc) is 2.62. The second-order valence-corrected chi connectivity index (χ2v) is 5.83.